The van der Waals surface area contributed by atoms with Gasteiger partial charge in [-0.25, -0.2) is 4.39 Å². The van der Waals surface area contributed by atoms with Crippen molar-refractivity contribution in [2.24, 2.45) is 5.73 Å². The van der Waals surface area contributed by atoms with E-state index in [9.17, 15) is 9.18 Å². The van der Waals surface area contributed by atoms with Gasteiger partial charge in [0.1, 0.15) is 11.6 Å². The molecule has 1 aliphatic rings. The van der Waals surface area contributed by atoms with Crippen LogP contribution in [0.5, 0.6) is 0 Å². The second-order valence-corrected chi connectivity index (χ2v) is 6.11. The molecule has 2 rings (SSSR count). The van der Waals surface area contributed by atoms with Crippen molar-refractivity contribution in [3.8, 4) is 0 Å². The lowest BCUT2D eigenvalue weighted by Crippen LogP contribution is -2.39. The maximum absolute atomic E-state index is 13.5. The lowest BCUT2D eigenvalue weighted by atomic mass is 9.90. The third-order valence-electron chi connectivity index (χ3n) is 3.54. The Morgan fingerprint density at radius 2 is 2.06 bits per heavy atom. The van der Waals surface area contributed by atoms with Crippen molar-refractivity contribution in [1.82, 2.24) is 0 Å². The molecule has 0 aliphatic heterocycles. The van der Waals surface area contributed by atoms with Crippen molar-refractivity contribution >= 4 is 21.7 Å². The van der Waals surface area contributed by atoms with Crippen molar-refractivity contribution in [2.45, 2.75) is 44.1 Å². The molecule has 1 aliphatic carbocycles. The average molecular weight is 314 g/mol. The van der Waals surface area contributed by atoms with Crippen LogP contribution in [0.1, 0.15) is 37.7 Å². The van der Waals surface area contributed by atoms with E-state index in [-0.39, 0.29) is 23.6 Å². The van der Waals surface area contributed by atoms with E-state index < -0.39 is 0 Å². The monoisotopic (exact) mass is 313 g/mol. The molecule has 0 radical (unpaired) electrons. The molecule has 0 heterocycles. The first-order valence-electron chi connectivity index (χ1n) is 6.23. The summed E-state index contributed by atoms with van der Waals surface area (Å²) in [5.41, 5.74) is 6.25. The van der Waals surface area contributed by atoms with Gasteiger partial charge in [0.15, 0.2) is 0 Å². The number of ketones is 1. The van der Waals surface area contributed by atoms with E-state index in [0.29, 0.717) is 12.0 Å². The number of hydrogen-bond acceptors (Lipinski definition) is 2. The van der Waals surface area contributed by atoms with Gasteiger partial charge < -0.3 is 5.73 Å². The van der Waals surface area contributed by atoms with Crippen LogP contribution < -0.4 is 5.73 Å². The van der Waals surface area contributed by atoms with Crippen molar-refractivity contribution in [3.05, 3.63) is 34.1 Å². The molecule has 4 heteroatoms. The predicted molar refractivity (Wildman–Crippen MR) is 72.8 cm³/mol. The van der Waals surface area contributed by atoms with Crippen molar-refractivity contribution in [3.63, 3.8) is 0 Å². The SMILES string of the molecule is NC1(CC(=O)Cc2cc(Br)ccc2F)CCCC1. The minimum Gasteiger partial charge on any atom is -0.325 e. The summed E-state index contributed by atoms with van der Waals surface area (Å²) in [6.45, 7) is 0. The van der Waals surface area contributed by atoms with E-state index in [1.54, 1.807) is 12.1 Å². The van der Waals surface area contributed by atoms with E-state index in [0.717, 1.165) is 30.2 Å². The van der Waals surface area contributed by atoms with E-state index in [1.807, 2.05) is 0 Å². The van der Waals surface area contributed by atoms with Gasteiger partial charge in [0.25, 0.3) is 0 Å². The van der Waals surface area contributed by atoms with E-state index in [2.05, 4.69) is 15.9 Å². The Kier molecular flexibility index (Phi) is 4.17. The molecule has 0 atom stereocenters. The maximum Gasteiger partial charge on any atom is 0.139 e. The number of carbonyl (C=O) groups is 1. The molecule has 0 amide bonds. The fourth-order valence-electron chi connectivity index (χ4n) is 2.60. The van der Waals surface area contributed by atoms with Crippen molar-refractivity contribution in [2.75, 3.05) is 0 Å². The summed E-state index contributed by atoms with van der Waals surface area (Å²) in [6, 6.07) is 4.66. The molecule has 98 valence electrons. The Balaban J connectivity index is 2.00. The summed E-state index contributed by atoms with van der Waals surface area (Å²) in [5, 5.41) is 0. The first kappa shape index (κ1) is 13.7. The maximum atomic E-state index is 13.5. The Bertz CT molecular complexity index is 455. The number of carbonyl (C=O) groups excluding carboxylic acids is 1. The van der Waals surface area contributed by atoms with Crippen LogP contribution in [0.3, 0.4) is 0 Å². The van der Waals surface area contributed by atoms with Crippen LogP contribution in [0.25, 0.3) is 0 Å². The van der Waals surface area contributed by atoms with Gasteiger partial charge in [-0.15, -0.1) is 0 Å². The molecular weight excluding hydrogens is 297 g/mol. The van der Waals surface area contributed by atoms with Gasteiger partial charge in [0, 0.05) is 22.9 Å². The van der Waals surface area contributed by atoms with Crippen LogP contribution in [0.2, 0.25) is 0 Å². The molecular formula is C14H17BrFNO. The Hall–Kier alpha value is -0.740. The van der Waals surface area contributed by atoms with Crippen molar-refractivity contribution < 1.29 is 9.18 Å². The largest absolute Gasteiger partial charge is 0.325 e. The van der Waals surface area contributed by atoms with Crippen LogP contribution in [0.15, 0.2) is 22.7 Å². The van der Waals surface area contributed by atoms with Gasteiger partial charge in [-0.1, -0.05) is 28.8 Å². The summed E-state index contributed by atoms with van der Waals surface area (Å²) < 4.78 is 14.3. The van der Waals surface area contributed by atoms with E-state index in [1.165, 1.54) is 6.07 Å². The fourth-order valence-corrected chi connectivity index (χ4v) is 3.01. The molecule has 0 unspecified atom stereocenters. The molecule has 0 saturated heterocycles. The van der Waals surface area contributed by atoms with E-state index in [4.69, 9.17) is 5.73 Å². The smallest absolute Gasteiger partial charge is 0.139 e. The van der Waals surface area contributed by atoms with Gasteiger partial charge in [0.2, 0.25) is 0 Å². The molecule has 18 heavy (non-hydrogen) atoms. The van der Waals surface area contributed by atoms with Crippen LogP contribution in [0, 0.1) is 5.82 Å². The molecule has 0 spiro atoms. The highest BCUT2D eigenvalue weighted by atomic mass is 79.9. The Labute approximate surface area is 115 Å². The summed E-state index contributed by atoms with van der Waals surface area (Å²) >= 11 is 3.28. The molecule has 1 aromatic rings. The quantitative estimate of drug-likeness (QED) is 0.926. The zero-order valence-corrected chi connectivity index (χ0v) is 11.8. The minimum atomic E-state index is -0.348. The minimum absolute atomic E-state index is 0.0244. The third-order valence-corrected chi connectivity index (χ3v) is 4.04. The Morgan fingerprint density at radius 3 is 2.72 bits per heavy atom. The summed E-state index contributed by atoms with van der Waals surface area (Å²) in [6.07, 6.45) is 4.48. The number of rotatable bonds is 4. The normalized spacial score (nSPS) is 17.9. The first-order chi connectivity index (χ1) is 8.48. The molecule has 1 saturated carbocycles. The molecule has 2 N–H and O–H groups in total. The first-order valence-corrected chi connectivity index (χ1v) is 7.02. The zero-order valence-electron chi connectivity index (χ0n) is 10.2. The highest BCUT2D eigenvalue weighted by Crippen LogP contribution is 2.30. The Morgan fingerprint density at radius 1 is 1.39 bits per heavy atom. The molecule has 1 aromatic carbocycles. The topological polar surface area (TPSA) is 43.1 Å². The average Bonchev–Trinajstić information content (AvgIpc) is 2.70. The zero-order chi connectivity index (χ0) is 13.2. The molecule has 2 nitrogen and oxygen atoms in total. The van der Waals surface area contributed by atoms with Gasteiger partial charge >= 0.3 is 0 Å². The number of nitrogens with two attached hydrogens (primary N) is 1. The lowest BCUT2D eigenvalue weighted by molar-refractivity contribution is -0.119. The van der Waals surface area contributed by atoms with Crippen LogP contribution in [0.4, 0.5) is 4.39 Å². The number of halogens is 2. The summed E-state index contributed by atoms with van der Waals surface area (Å²) in [5.74, 6) is -0.305. The number of benzene rings is 1. The number of hydrogen-bond donors (Lipinski definition) is 1. The number of Topliss-reactive ketones (excluding diaryl/α,β-unsaturated/α-hetero) is 1. The molecule has 0 aromatic heterocycles. The highest BCUT2D eigenvalue weighted by molar-refractivity contribution is 9.10. The van der Waals surface area contributed by atoms with Crippen LogP contribution in [-0.2, 0) is 11.2 Å². The van der Waals surface area contributed by atoms with Gasteiger partial charge in [-0.05, 0) is 36.6 Å². The van der Waals surface area contributed by atoms with Gasteiger partial charge in [-0.2, -0.15) is 0 Å². The van der Waals surface area contributed by atoms with Crippen LogP contribution in [-0.4, -0.2) is 11.3 Å². The third kappa shape index (κ3) is 3.39. The van der Waals surface area contributed by atoms with Gasteiger partial charge in [-0.3, -0.25) is 4.79 Å². The summed E-state index contributed by atoms with van der Waals surface area (Å²) in [4.78, 5) is 12.0. The fraction of sp³-hybridized carbons (Fsp3) is 0.500. The van der Waals surface area contributed by atoms with Gasteiger partial charge in [0.05, 0.1) is 0 Å². The van der Waals surface area contributed by atoms with E-state index >= 15 is 0 Å². The lowest BCUT2D eigenvalue weighted by Gasteiger charge is -2.22. The second kappa shape index (κ2) is 5.49. The van der Waals surface area contributed by atoms with Crippen molar-refractivity contribution in [1.29, 1.82) is 0 Å². The second-order valence-electron chi connectivity index (χ2n) is 5.20. The molecule has 0 bridgehead atoms. The predicted octanol–water partition coefficient (Wildman–Crippen LogP) is 3.36. The standard InChI is InChI=1S/C14H17BrFNO/c15-11-3-4-13(16)10(7-11)8-12(18)9-14(17)5-1-2-6-14/h3-4,7H,1-2,5-6,8-9,17H2. The molecule has 1 fully saturated rings. The van der Waals surface area contributed by atoms with Crippen LogP contribution >= 0.6 is 15.9 Å². The highest BCUT2D eigenvalue weighted by Gasteiger charge is 2.31. The summed E-state index contributed by atoms with van der Waals surface area (Å²) in [7, 11) is 0.